The van der Waals surface area contributed by atoms with E-state index in [-0.39, 0.29) is 17.2 Å². The minimum absolute atomic E-state index is 0.0572. The third-order valence-electron chi connectivity index (χ3n) is 6.08. The largest absolute Gasteiger partial charge is 0.355 e. The summed E-state index contributed by atoms with van der Waals surface area (Å²) in [4.78, 5) is 32.5. The van der Waals surface area contributed by atoms with E-state index in [1.165, 1.54) is 0 Å². The van der Waals surface area contributed by atoms with Gasteiger partial charge in [-0.3, -0.25) is 14.6 Å². The molecule has 0 bridgehead atoms. The molecule has 1 aliphatic rings. The van der Waals surface area contributed by atoms with Crippen LogP contribution in [0.5, 0.6) is 0 Å². The molecule has 2 amide bonds. The Labute approximate surface area is 192 Å². The first-order valence-corrected chi connectivity index (χ1v) is 11.6. The lowest BCUT2D eigenvalue weighted by molar-refractivity contribution is -0.134. The summed E-state index contributed by atoms with van der Waals surface area (Å²) < 4.78 is 0. The van der Waals surface area contributed by atoms with Crippen LogP contribution in [0.25, 0.3) is 11.1 Å². The van der Waals surface area contributed by atoms with Gasteiger partial charge in [-0.05, 0) is 53.0 Å². The van der Waals surface area contributed by atoms with Gasteiger partial charge in [-0.2, -0.15) is 0 Å². The Morgan fingerprint density at radius 2 is 1.81 bits per heavy atom. The smallest absolute Gasteiger partial charge is 0.228 e. The van der Waals surface area contributed by atoms with Crippen molar-refractivity contribution in [2.45, 2.75) is 53.9 Å². The third kappa shape index (κ3) is 5.96. The molecule has 172 valence electrons. The number of benzene rings is 1. The molecule has 2 aromatic rings. The highest BCUT2D eigenvalue weighted by atomic mass is 16.2. The standard InChI is InChI=1S/C27H37N3O2/c1-20(2)18-29-25(32)27(12-15-30(19-27)24(31)17-26(3,4)5)16-22-8-6-7-9-23(22)21-10-13-28-14-11-21/h6-11,13-14,20H,12,15-19H2,1-5H3,(H,29,32). The molecule has 3 rings (SSSR count). The summed E-state index contributed by atoms with van der Waals surface area (Å²) in [5, 5.41) is 3.17. The number of nitrogens with zero attached hydrogens (tertiary/aromatic N) is 2. The number of nitrogens with one attached hydrogen (secondary N) is 1. The summed E-state index contributed by atoms with van der Waals surface area (Å²) in [6.45, 7) is 12.2. The normalized spacial score (nSPS) is 18.8. The zero-order chi connectivity index (χ0) is 23.4. The van der Waals surface area contributed by atoms with Gasteiger partial charge in [0.25, 0.3) is 0 Å². The van der Waals surface area contributed by atoms with Crippen LogP contribution in [0.3, 0.4) is 0 Å². The molecule has 2 heterocycles. The lowest BCUT2D eigenvalue weighted by Gasteiger charge is -2.30. The van der Waals surface area contributed by atoms with E-state index in [4.69, 9.17) is 0 Å². The Kier molecular flexibility index (Phi) is 7.37. The van der Waals surface area contributed by atoms with E-state index < -0.39 is 5.41 Å². The first kappa shape index (κ1) is 24.0. The van der Waals surface area contributed by atoms with E-state index in [9.17, 15) is 9.59 Å². The van der Waals surface area contributed by atoms with Gasteiger partial charge in [0.2, 0.25) is 11.8 Å². The molecule has 5 nitrogen and oxygen atoms in total. The number of pyridine rings is 1. The monoisotopic (exact) mass is 435 g/mol. The van der Waals surface area contributed by atoms with Gasteiger partial charge in [-0.15, -0.1) is 0 Å². The highest BCUT2D eigenvalue weighted by molar-refractivity contribution is 5.86. The highest BCUT2D eigenvalue weighted by Crippen LogP contribution is 2.38. The van der Waals surface area contributed by atoms with Gasteiger partial charge < -0.3 is 10.2 Å². The molecular formula is C27H37N3O2. The zero-order valence-corrected chi connectivity index (χ0v) is 20.1. The minimum Gasteiger partial charge on any atom is -0.355 e. The Balaban J connectivity index is 1.90. The summed E-state index contributed by atoms with van der Waals surface area (Å²) >= 11 is 0. The molecule has 0 radical (unpaired) electrons. The lowest BCUT2D eigenvalue weighted by atomic mass is 9.78. The van der Waals surface area contributed by atoms with Crippen LogP contribution in [-0.4, -0.2) is 41.3 Å². The third-order valence-corrected chi connectivity index (χ3v) is 6.08. The Hall–Kier alpha value is -2.69. The molecule has 1 aromatic heterocycles. The van der Waals surface area contributed by atoms with E-state index in [0.29, 0.717) is 44.8 Å². The summed E-state index contributed by atoms with van der Waals surface area (Å²) in [6, 6.07) is 12.3. The number of amides is 2. The maximum atomic E-state index is 13.5. The first-order chi connectivity index (χ1) is 15.1. The second-order valence-electron chi connectivity index (χ2n) is 10.8. The van der Waals surface area contributed by atoms with Crippen molar-refractivity contribution in [3.05, 3.63) is 54.4 Å². The number of hydrogen-bond donors (Lipinski definition) is 1. The zero-order valence-electron chi connectivity index (χ0n) is 20.1. The number of carbonyl (C=O) groups excluding carboxylic acids is 2. The topological polar surface area (TPSA) is 62.3 Å². The molecule has 1 aliphatic heterocycles. The van der Waals surface area contributed by atoms with E-state index in [2.05, 4.69) is 57.1 Å². The number of likely N-dealkylation sites (tertiary alicyclic amines) is 1. The Morgan fingerprint density at radius 1 is 1.12 bits per heavy atom. The van der Waals surface area contributed by atoms with Gasteiger partial charge in [0, 0.05) is 38.4 Å². The van der Waals surface area contributed by atoms with Gasteiger partial charge in [-0.1, -0.05) is 58.9 Å². The van der Waals surface area contributed by atoms with Crippen LogP contribution in [0.2, 0.25) is 0 Å². The number of rotatable bonds is 7. The molecule has 1 atom stereocenters. The van der Waals surface area contributed by atoms with Crippen LogP contribution in [0.4, 0.5) is 0 Å². The average molecular weight is 436 g/mol. The molecule has 0 spiro atoms. The van der Waals surface area contributed by atoms with Crippen molar-refractivity contribution in [3.63, 3.8) is 0 Å². The molecule has 1 unspecified atom stereocenters. The number of aromatic nitrogens is 1. The van der Waals surface area contributed by atoms with Gasteiger partial charge in [0.1, 0.15) is 0 Å². The van der Waals surface area contributed by atoms with Crippen molar-refractivity contribution in [3.8, 4) is 11.1 Å². The number of carbonyl (C=O) groups is 2. The van der Waals surface area contributed by atoms with Crippen LogP contribution in [0, 0.1) is 16.7 Å². The van der Waals surface area contributed by atoms with Crippen LogP contribution >= 0.6 is 0 Å². The van der Waals surface area contributed by atoms with Crippen LogP contribution < -0.4 is 5.32 Å². The predicted molar refractivity (Wildman–Crippen MR) is 129 cm³/mol. The summed E-state index contributed by atoms with van der Waals surface area (Å²) in [7, 11) is 0. The van der Waals surface area contributed by atoms with Crippen LogP contribution in [0.15, 0.2) is 48.8 Å². The van der Waals surface area contributed by atoms with Crippen molar-refractivity contribution in [1.82, 2.24) is 15.2 Å². The summed E-state index contributed by atoms with van der Waals surface area (Å²) in [5.41, 5.74) is 2.64. The predicted octanol–water partition coefficient (Wildman–Crippen LogP) is 4.72. The van der Waals surface area contributed by atoms with Gasteiger partial charge in [0.05, 0.1) is 5.41 Å². The van der Waals surface area contributed by atoms with Crippen molar-refractivity contribution in [2.24, 2.45) is 16.7 Å². The van der Waals surface area contributed by atoms with Gasteiger partial charge in [0.15, 0.2) is 0 Å². The fraction of sp³-hybridized carbons (Fsp3) is 0.519. The molecule has 1 fully saturated rings. The maximum absolute atomic E-state index is 13.5. The summed E-state index contributed by atoms with van der Waals surface area (Å²) in [5.74, 6) is 0.570. The quantitative estimate of drug-likeness (QED) is 0.685. The van der Waals surface area contributed by atoms with Gasteiger partial charge >= 0.3 is 0 Å². The van der Waals surface area contributed by atoms with Crippen LogP contribution in [-0.2, 0) is 16.0 Å². The van der Waals surface area contributed by atoms with Crippen LogP contribution in [0.1, 0.15) is 53.0 Å². The molecule has 1 N–H and O–H groups in total. The summed E-state index contributed by atoms with van der Waals surface area (Å²) in [6.07, 6.45) is 5.36. The molecule has 1 aromatic carbocycles. The van der Waals surface area contributed by atoms with E-state index >= 15 is 0 Å². The van der Waals surface area contributed by atoms with Crippen molar-refractivity contribution >= 4 is 11.8 Å². The first-order valence-electron chi connectivity index (χ1n) is 11.6. The Bertz CT molecular complexity index is 933. The van der Waals surface area contributed by atoms with Crippen molar-refractivity contribution in [1.29, 1.82) is 0 Å². The fourth-order valence-corrected chi connectivity index (χ4v) is 4.40. The van der Waals surface area contributed by atoms with E-state index in [0.717, 1.165) is 16.7 Å². The minimum atomic E-state index is -0.619. The molecule has 5 heteroatoms. The van der Waals surface area contributed by atoms with Crippen molar-refractivity contribution in [2.75, 3.05) is 19.6 Å². The fourth-order valence-electron chi connectivity index (χ4n) is 4.40. The second-order valence-corrected chi connectivity index (χ2v) is 10.8. The second kappa shape index (κ2) is 9.85. The molecular weight excluding hydrogens is 398 g/mol. The SMILES string of the molecule is CC(C)CNC(=O)C1(Cc2ccccc2-c2ccncc2)CCN(C(=O)CC(C)(C)C)C1. The number of hydrogen-bond acceptors (Lipinski definition) is 3. The average Bonchev–Trinajstić information content (AvgIpc) is 3.17. The molecule has 0 saturated carbocycles. The molecule has 32 heavy (non-hydrogen) atoms. The van der Waals surface area contributed by atoms with E-state index in [1.807, 2.05) is 29.2 Å². The van der Waals surface area contributed by atoms with Crippen molar-refractivity contribution < 1.29 is 9.59 Å². The molecule has 0 aliphatic carbocycles. The highest BCUT2D eigenvalue weighted by Gasteiger charge is 2.46. The lowest BCUT2D eigenvalue weighted by Crippen LogP contribution is -2.46. The van der Waals surface area contributed by atoms with E-state index in [1.54, 1.807) is 12.4 Å². The Morgan fingerprint density at radius 3 is 2.47 bits per heavy atom. The maximum Gasteiger partial charge on any atom is 0.228 e. The molecule has 1 saturated heterocycles. The van der Waals surface area contributed by atoms with Gasteiger partial charge in [-0.25, -0.2) is 0 Å².